The zero-order valence-corrected chi connectivity index (χ0v) is 15.0. The molecule has 2 bridgehead atoms. The first kappa shape index (κ1) is 17.8. The lowest BCUT2D eigenvalue weighted by Gasteiger charge is -2.16. The van der Waals surface area contributed by atoms with Crippen LogP contribution in [0.1, 0.15) is 46.5 Å². The number of carbonyl (C=O) groups is 3. The van der Waals surface area contributed by atoms with E-state index in [-0.39, 0.29) is 29.6 Å². The van der Waals surface area contributed by atoms with Crippen LogP contribution in [0.2, 0.25) is 0 Å². The fourth-order valence-corrected chi connectivity index (χ4v) is 3.58. The van der Waals surface area contributed by atoms with Crippen molar-refractivity contribution in [1.29, 1.82) is 0 Å². The second-order valence-corrected chi connectivity index (χ2v) is 7.59. The number of epoxide rings is 1. The Morgan fingerprint density at radius 1 is 1.32 bits per heavy atom. The van der Waals surface area contributed by atoms with Gasteiger partial charge in [0.15, 0.2) is 11.6 Å². The molecule has 3 aliphatic rings. The number of esters is 1. The van der Waals surface area contributed by atoms with Crippen molar-refractivity contribution in [2.24, 2.45) is 5.92 Å². The molecule has 2 aliphatic heterocycles. The molecule has 1 fully saturated rings. The summed E-state index contributed by atoms with van der Waals surface area (Å²) in [5.41, 5.74) is 1.35. The van der Waals surface area contributed by atoms with Gasteiger partial charge in [0.1, 0.15) is 17.8 Å². The molecule has 0 spiro atoms. The fraction of sp³-hybridized carbons (Fsp3) is 0.550. The van der Waals surface area contributed by atoms with Crippen LogP contribution in [0.5, 0.6) is 0 Å². The predicted molar refractivity (Wildman–Crippen MR) is 91.8 cm³/mol. The summed E-state index contributed by atoms with van der Waals surface area (Å²) in [7, 11) is 0. The number of fused-ring (bicyclic) bond motifs is 2. The average Bonchev–Trinajstić information content (AvgIpc) is 3.06. The molecule has 134 valence electrons. The molecular weight excluding hydrogens is 320 g/mol. The molecule has 0 N–H and O–H groups in total. The molecule has 4 atom stereocenters. The zero-order chi connectivity index (χ0) is 18.4. The average molecular weight is 344 g/mol. The summed E-state index contributed by atoms with van der Waals surface area (Å²) in [6.07, 6.45) is 4.25. The van der Waals surface area contributed by atoms with Gasteiger partial charge in [0.05, 0.1) is 0 Å². The SMILES string of the molecule is C=C(C)[C@@H]1CCC2=C[C@H](C[C@]3(C)O[C@@H]3C(=O)/C=C(\C)C(=O)C1)OC2=O. The van der Waals surface area contributed by atoms with Crippen molar-refractivity contribution in [3.05, 3.63) is 35.5 Å². The second-order valence-electron chi connectivity index (χ2n) is 7.59. The van der Waals surface area contributed by atoms with Crippen LogP contribution in [0.4, 0.5) is 0 Å². The van der Waals surface area contributed by atoms with E-state index < -0.39 is 11.7 Å². The van der Waals surface area contributed by atoms with Gasteiger partial charge in [-0.3, -0.25) is 9.59 Å². The van der Waals surface area contributed by atoms with E-state index in [1.54, 1.807) is 6.92 Å². The molecule has 1 aliphatic carbocycles. The number of Topliss-reactive ketones (excluding diaryl/α,β-unsaturated/α-hetero) is 1. The van der Waals surface area contributed by atoms with Crippen molar-refractivity contribution >= 4 is 17.5 Å². The second kappa shape index (κ2) is 6.37. The summed E-state index contributed by atoms with van der Waals surface area (Å²) in [6, 6.07) is 0. The van der Waals surface area contributed by atoms with Crippen LogP contribution in [-0.2, 0) is 23.9 Å². The van der Waals surface area contributed by atoms with Gasteiger partial charge in [0, 0.05) is 18.4 Å². The minimum absolute atomic E-state index is 0.0240. The summed E-state index contributed by atoms with van der Waals surface area (Å²) in [4.78, 5) is 36.9. The number of hydrogen-bond acceptors (Lipinski definition) is 5. The topological polar surface area (TPSA) is 73.0 Å². The molecule has 3 rings (SSSR count). The molecule has 25 heavy (non-hydrogen) atoms. The molecule has 0 saturated carbocycles. The van der Waals surface area contributed by atoms with Gasteiger partial charge in [-0.1, -0.05) is 12.2 Å². The Morgan fingerprint density at radius 3 is 2.72 bits per heavy atom. The minimum Gasteiger partial charge on any atom is -0.455 e. The lowest BCUT2D eigenvalue weighted by atomic mass is 9.87. The standard InChI is InChI=1S/C20H24O5/c1-11(2)13-5-6-14-8-15(24-19(14)23)10-20(4)18(25-20)17(22)7-12(3)16(21)9-13/h7-8,13,15,18H,1,5-6,9-10H2,2-4H3/b12-7+/t13-,15-,18-,20+/m1/s1. The van der Waals surface area contributed by atoms with E-state index in [2.05, 4.69) is 6.58 Å². The van der Waals surface area contributed by atoms with Crippen LogP contribution in [0.25, 0.3) is 0 Å². The van der Waals surface area contributed by atoms with E-state index in [4.69, 9.17) is 9.47 Å². The number of ether oxygens (including phenoxy) is 2. The van der Waals surface area contributed by atoms with Gasteiger partial charge in [-0.15, -0.1) is 0 Å². The highest BCUT2D eigenvalue weighted by molar-refractivity contribution is 6.05. The molecule has 0 aromatic rings. The van der Waals surface area contributed by atoms with Crippen molar-refractivity contribution in [3.8, 4) is 0 Å². The molecule has 0 amide bonds. The minimum atomic E-state index is -0.641. The third kappa shape index (κ3) is 3.66. The molecule has 0 aromatic carbocycles. The van der Waals surface area contributed by atoms with Gasteiger partial charge in [-0.25, -0.2) is 4.79 Å². The number of rotatable bonds is 1. The highest BCUT2D eigenvalue weighted by atomic mass is 16.6. The summed E-state index contributed by atoms with van der Waals surface area (Å²) >= 11 is 0. The van der Waals surface area contributed by atoms with E-state index in [9.17, 15) is 14.4 Å². The largest absolute Gasteiger partial charge is 0.455 e. The van der Waals surface area contributed by atoms with E-state index >= 15 is 0 Å². The van der Waals surface area contributed by atoms with E-state index in [0.29, 0.717) is 36.8 Å². The normalized spacial score (nSPS) is 38.0. The lowest BCUT2D eigenvalue weighted by molar-refractivity contribution is -0.140. The molecule has 2 heterocycles. The Hall–Kier alpha value is -2.01. The summed E-state index contributed by atoms with van der Waals surface area (Å²) in [6.45, 7) is 9.36. The van der Waals surface area contributed by atoms with E-state index in [1.165, 1.54) is 6.08 Å². The summed E-state index contributed by atoms with van der Waals surface area (Å²) in [5.74, 6) is -0.607. The fourth-order valence-electron chi connectivity index (χ4n) is 3.58. The first-order valence-electron chi connectivity index (χ1n) is 8.70. The van der Waals surface area contributed by atoms with E-state index in [1.807, 2.05) is 19.9 Å². The summed E-state index contributed by atoms with van der Waals surface area (Å²) < 4.78 is 11.0. The first-order chi connectivity index (χ1) is 11.7. The molecule has 5 nitrogen and oxygen atoms in total. The van der Waals surface area contributed by atoms with Crippen LogP contribution >= 0.6 is 0 Å². The predicted octanol–water partition coefficient (Wildman–Crippen LogP) is 2.85. The van der Waals surface area contributed by atoms with Gasteiger partial charge in [-0.2, -0.15) is 0 Å². The third-order valence-corrected chi connectivity index (χ3v) is 5.35. The molecule has 5 heteroatoms. The maximum absolute atomic E-state index is 12.5. The first-order valence-corrected chi connectivity index (χ1v) is 8.70. The van der Waals surface area contributed by atoms with Crippen LogP contribution in [0.15, 0.2) is 35.5 Å². The Labute approximate surface area is 147 Å². The van der Waals surface area contributed by atoms with Gasteiger partial charge in [0.2, 0.25) is 0 Å². The van der Waals surface area contributed by atoms with Crippen molar-refractivity contribution in [2.45, 2.75) is 64.3 Å². The molecular formula is C20H24O5. The molecule has 0 aromatic heterocycles. The van der Waals surface area contributed by atoms with Crippen molar-refractivity contribution < 1.29 is 23.9 Å². The van der Waals surface area contributed by atoms with Crippen LogP contribution in [0, 0.1) is 5.92 Å². The number of carbonyl (C=O) groups excluding carboxylic acids is 3. The Morgan fingerprint density at radius 2 is 2.04 bits per heavy atom. The van der Waals surface area contributed by atoms with Gasteiger partial charge >= 0.3 is 5.97 Å². The Balaban J connectivity index is 1.88. The molecule has 0 unspecified atom stereocenters. The maximum Gasteiger partial charge on any atom is 0.334 e. The summed E-state index contributed by atoms with van der Waals surface area (Å²) in [5, 5.41) is 0. The zero-order valence-electron chi connectivity index (χ0n) is 15.0. The number of hydrogen-bond donors (Lipinski definition) is 0. The van der Waals surface area contributed by atoms with Crippen molar-refractivity contribution in [3.63, 3.8) is 0 Å². The Kier molecular flexibility index (Phi) is 4.54. The van der Waals surface area contributed by atoms with Gasteiger partial charge in [-0.05, 0) is 57.3 Å². The Bertz CT molecular complexity index is 714. The third-order valence-electron chi connectivity index (χ3n) is 5.35. The van der Waals surface area contributed by atoms with Crippen molar-refractivity contribution in [1.82, 2.24) is 0 Å². The van der Waals surface area contributed by atoms with Crippen molar-refractivity contribution in [2.75, 3.05) is 0 Å². The highest BCUT2D eigenvalue weighted by Crippen LogP contribution is 2.43. The van der Waals surface area contributed by atoms with E-state index in [0.717, 1.165) is 5.57 Å². The lowest BCUT2D eigenvalue weighted by Crippen LogP contribution is -2.23. The molecule has 0 radical (unpaired) electrons. The van der Waals surface area contributed by atoms with Crippen LogP contribution in [0.3, 0.4) is 0 Å². The quantitative estimate of drug-likeness (QED) is 0.415. The van der Waals surface area contributed by atoms with Gasteiger partial charge < -0.3 is 9.47 Å². The highest BCUT2D eigenvalue weighted by Gasteiger charge is 2.57. The number of ketones is 2. The van der Waals surface area contributed by atoms with Crippen LogP contribution in [-0.4, -0.2) is 35.3 Å². The van der Waals surface area contributed by atoms with Gasteiger partial charge in [0.25, 0.3) is 0 Å². The van der Waals surface area contributed by atoms with Crippen LogP contribution < -0.4 is 0 Å². The monoisotopic (exact) mass is 344 g/mol. The molecule has 1 saturated heterocycles. The number of allylic oxidation sites excluding steroid dienone is 2. The maximum atomic E-state index is 12.5. The smallest absolute Gasteiger partial charge is 0.334 e.